The minimum Gasteiger partial charge on any atom is -0.492 e. The Kier molecular flexibility index (Phi) is 5.88. The van der Waals surface area contributed by atoms with Crippen LogP contribution in [0.15, 0.2) is 24.3 Å². The van der Waals surface area contributed by atoms with E-state index in [1.165, 1.54) is 0 Å². The number of carbonyl (C=O) groups is 1. The van der Waals surface area contributed by atoms with Gasteiger partial charge >= 0.3 is 5.97 Å². The number of hydrogen-bond acceptors (Lipinski definition) is 3. The van der Waals surface area contributed by atoms with Gasteiger partial charge in [0.15, 0.2) is 0 Å². The van der Waals surface area contributed by atoms with Crippen molar-refractivity contribution in [2.75, 3.05) is 19.7 Å². The molecule has 5 heteroatoms. The summed E-state index contributed by atoms with van der Waals surface area (Å²) in [5.74, 6) is 0.564. The van der Waals surface area contributed by atoms with E-state index in [9.17, 15) is 9.90 Å². The van der Waals surface area contributed by atoms with Crippen molar-refractivity contribution in [3.8, 4) is 5.75 Å². The van der Waals surface area contributed by atoms with Gasteiger partial charge in [0.1, 0.15) is 18.4 Å². The molecule has 2 unspecified atom stereocenters. The summed E-state index contributed by atoms with van der Waals surface area (Å²) in [7, 11) is 0. The third-order valence-corrected chi connectivity index (χ3v) is 4.40. The first kappa shape index (κ1) is 16.1. The molecule has 1 N–H and O–H groups in total. The van der Waals surface area contributed by atoms with Gasteiger partial charge in [-0.2, -0.15) is 0 Å². The highest BCUT2D eigenvalue weighted by Crippen LogP contribution is 2.25. The summed E-state index contributed by atoms with van der Waals surface area (Å²) in [5.41, 5.74) is 0. The number of nitrogens with zero attached hydrogens (tertiary/aromatic N) is 1. The molecule has 0 spiro atoms. The van der Waals surface area contributed by atoms with E-state index in [0.717, 1.165) is 31.6 Å². The summed E-state index contributed by atoms with van der Waals surface area (Å²) < 4.78 is 5.65. The first-order chi connectivity index (χ1) is 10.1. The Labute approximate surface area is 130 Å². The van der Waals surface area contributed by atoms with E-state index in [4.69, 9.17) is 16.3 Å². The Morgan fingerprint density at radius 1 is 1.43 bits per heavy atom. The van der Waals surface area contributed by atoms with Crippen molar-refractivity contribution in [2.45, 2.75) is 32.2 Å². The van der Waals surface area contributed by atoms with Gasteiger partial charge in [-0.25, -0.2) is 0 Å². The quantitative estimate of drug-likeness (QED) is 0.876. The molecule has 0 amide bonds. The van der Waals surface area contributed by atoms with E-state index in [-0.39, 0.29) is 6.04 Å². The van der Waals surface area contributed by atoms with E-state index in [1.807, 2.05) is 17.0 Å². The number of halogens is 1. The molecule has 2 atom stereocenters. The van der Waals surface area contributed by atoms with E-state index < -0.39 is 5.97 Å². The summed E-state index contributed by atoms with van der Waals surface area (Å²) in [5, 5.41) is 10.0. The number of hydrogen-bond donors (Lipinski definition) is 1. The predicted octanol–water partition coefficient (Wildman–Crippen LogP) is 3.29. The molecule has 4 nitrogen and oxygen atoms in total. The van der Waals surface area contributed by atoms with Crippen molar-refractivity contribution in [3.63, 3.8) is 0 Å². The zero-order valence-corrected chi connectivity index (χ0v) is 13.1. The number of carboxylic acid groups (broad SMARTS) is 1. The standard InChI is InChI=1S/C16H22ClNO3/c1-2-12-7-8-18(15(11-12)16(19)20)9-10-21-14-5-3-13(17)4-6-14/h3-6,12,15H,2,7-11H2,1H3,(H,19,20). The number of piperidine rings is 1. The Balaban J connectivity index is 1.83. The van der Waals surface area contributed by atoms with Crippen molar-refractivity contribution in [2.24, 2.45) is 5.92 Å². The first-order valence-corrected chi connectivity index (χ1v) is 7.83. The van der Waals surface area contributed by atoms with Gasteiger partial charge < -0.3 is 9.84 Å². The smallest absolute Gasteiger partial charge is 0.320 e. The summed E-state index contributed by atoms with van der Waals surface area (Å²) in [6.45, 7) is 4.08. The maximum absolute atomic E-state index is 11.4. The lowest BCUT2D eigenvalue weighted by molar-refractivity contribution is -0.145. The zero-order chi connectivity index (χ0) is 15.2. The third kappa shape index (κ3) is 4.61. The fourth-order valence-electron chi connectivity index (χ4n) is 2.79. The van der Waals surface area contributed by atoms with Crippen molar-refractivity contribution in [1.82, 2.24) is 4.90 Å². The SMILES string of the molecule is CCC1CCN(CCOc2ccc(Cl)cc2)C(C(=O)O)C1. The molecule has 1 aromatic carbocycles. The summed E-state index contributed by atoms with van der Waals surface area (Å²) in [6.07, 6.45) is 2.87. The molecule has 1 aliphatic heterocycles. The van der Waals surface area contributed by atoms with E-state index in [2.05, 4.69) is 6.92 Å². The minimum absolute atomic E-state index is 0.377. The summed E-state index contributed by atoms with van der Waals surface area (Å²) in [6, 6.07) is 6.83. The molecule has 1 aromatic rings. The molecule has 0 radical (unpaired) electrons. The predicted molar refractivity (Wildman–Crippen MR) is 83.0 cm³/mol. The van der Waals surface area contributed by atoms with Crippen LogP contribution in [0.4, 0.5) is 0 Å². The second-order valence-electron chi connectivity index (χ2n) is 5.49. The number of ether oxygens (including phenoxy) is 1. The fourth-order valence-corrected chi connectivity index (χ4v) is 2.92. The second kappa shape index (κ2) is 7.66. The average molecular weight is 312 g/mol. The van der Waals surface area contributed by atoms with Crippen LogP contribution in [0.5, 0.6) is 5.75 Å². The third-order valence-electron chi connectivity index (χ3n) is 4.15. The van der Waals surface area contributed by atoms with Crippen molar-refractivity contribution in [1.29, 1.82) is 0 Å². The molecule has 116 valence electrons. The Bertz CT molecular complexity index is 463. The van der Waals surface area contributed by atoms with Crippen LogP contribution in [0.1, 0.15) is 26.2 Å². The molecular formula is C16H22ClNO3. The highest BCUT2D eigenvalue weighted by Gasteiger charge is 2.32. The van der Waals surface area contributed by atoms with Crippen LogP contribution in [0.3, 0.4) is 0 Å². The molecule has 0 bridgehead atoms. The molecule has 21 heavy (non-hydrogen) atoms. The van der Waals surface area contributed by atoms with E-state index in [1.54, 1.807) is 12.1 Å². The van der Waals surface area contributed by atoms with Crippen LogP contribution in [0.25, 0.3) is 0 Å². The second-order valence-corrected chi connectivity index (χ2v) is 5.93. The molecular weight excluding hydrogens is 290 g/mol. The molecule has 1 heterocycles. The van der Waals surface area contributed by atoms with Crippen LogP contribution in [-0.4, -0.2) is 41.7 Å². The van der Waals surface area contributed by atoms with Crippen LogP contribution < -0.4 is 4.74 Å². The maximum Gasteiger partial charge on any atom is 0.320 e. The van der Waals surface area contributed by atoms with Crippen LogP contribution in [0.2, 0.25) is 5.02 Å². The molecule has 0 aromatic heterocycles. The Morgan fingerprint density at radius 3 is 2.76 bits per heavy atom. The van der Waals surface area contributed by atoms with E-state index in [0.29, 0.717) is 24.1 Å². The molecule has 0 saturated carbocycles. The van der Waals surface area contributed by atoms with Crippen LogP contribution in [-0.2, 0) is 4.79 Å². The minimum atomic E-state index is -0.723. The first-order valence-electron chi connectivity index (χ1n) is 7.45. The van der Waals surface area contributed by atoms with Crippen LogP contribution >= 0.6 is 11.6 Å². The lowest BCUT2D eigenvalue weighted by Gasteiger charge is -2.36. The Morgan fingerprint density at radius 2 is 2.14 bits per heavy atom. The van der Waals surface area contributed by atoms with Gasteiger partial charge in [-0.1, -0.05) is 24.9 Å². The molecule has 1 fully saturated rings. The van der Waals surface area contributed by atoms with Crippen molar-refractivity contribution in [3.05, 3.63) is 29.3 Å². The molecule has 2 rings (SSSR count). The molecule has 1 saturated heterocycles. The van der Waals surface area contributed by atoms with Gasteiger partial charge in [-0.05, 0) is 49.6 Å². The largest absolute Gasteiger partial charge is 0.492 e. The van der Waals surface area contributed by atoms with Crippen LogP contribution in [0, 0.1) is 5.92 Å². The lowest BCUT2D eigenvalue weighted by atomic mass is 9.89. The monoisotopic (exact) mass is 311 g/mol. The normalized spacial score (nSPS) is 23.0. The number of carboxylic acids is 1. The number of rotatable bonds is 6. The highest BCUT2D eigenvalue weighted by atomic mass is 35.5. The molecule has 0 aliphatic carbocycles. The van der Waals surface area contributed by atoms with Gasteiger partial charge in [0.2, 0.25) is 0 Å². The highest BCUT2D eigenvalue weighted by molar-refractivity contribution is 6.30. The van der Waals surface area contributed by atoms with E-state index >= 15 is 0 Å². The fraction of sp³-hybridized carbons (Fsp3) is 0.562. The number of benzene rings is 1. The maximum atomic E-state index is 11.4. The van der Waals surface area contributed by atoms with Gasteiger partial charge in [-0.15, -0.1) is 0 Å². The average Bonchev–Trinajstić information content (AvgIpc) is 2.49. The topological polar surface area (TPSA) is 49.8 Å². The molecule has 1 aliphatic rings. The Hall–Kier alpha value is -1.26. The van der Waals surface area contributed by atoms with Gasteiger partial charge in [-0.3, -0.25) is 9.69 Å². The summed E-state index contributed by atoms with van der Waals surface area (Å²) in [4.78, 5) is 13.4. The number of aliphatic carboxylic acids is 1. The zero-order valence-electron chi connectivity index (χ0n) is 12.3. The number of likely N-dealkylation sites (tertiary alicyclic amines) is 1. The van der Waals surface area contributed by atoms with Gasteiger partial charge in [0.05, 0.1) is 0 Å². The van der Waals surface area contributed by atoms with Crippen molar-refractivity contribution >= 4 is 17.6 Å². The lowest BCUT2D eigenvalue weighted by Crippen LogP contribution is -2.48. The van der Waals surface area contributed by atoms with Gasteiger partial charge in [0.25, 0.3) is 0 Å². The van der Waals surface area contributed by atoms with Gasteiger partial charge in [0, 0.05) is 11.6 Å². The van der Waals surface area contributed by atoms with Crippen molar-refractivity contribution < 1.29 is 14.6 Å². The summed E-state index contributed by atoms with van der Waals surface area (Å²) >= 11 is 5.82.